The summed E-state index contributed by atoms with van der Waals surface area (Å²) in [6.07, 6.45) is 4.93. The number of carbonyl (C=O) groups is 2. The van der Waals surface area contributed by atoms with E-state index < -0.39 is 29.9 Å². The topological polar surface area (TPSA) is 75.6 Å². The number of halogens is 1. The van der Waals surface area contributed by atoms with Gasteiger partial charge in [-0.2, -0.15) is 0 Å². The highest BCUT2D eigenvalue weighted by Gasteiger charge is 2.17. The van der Waals surface area contributed by atoms with Gasteiger partial charge in [0.05, 0.1) is 6.54 Å². The third-order valence-electron chi connectivity index (χ3n) is 1.94. The van der Waals surface area contributed by atoms with Gasteiger partial charge in [-0.3, -0.25) is 4.79 Å². The quantitative estimate of drug-likeness (QED) is 0.753. The Hall–Kier alpha value is -2.55. The minimum absolute atomic E-state index is 0.0388. The van der Waals surface area contributed by atoms with Gasteiger partial charge in [0.1, 0.15) is 17.1 Å². The van der Waals surface area contributed by atoms with E-state index in [9.17, 15) is 14.0 Å². The van der Waals surface area contributed by atoms with Gasteiger partial charge in [0.15, 0.2) is 6.61 Å². The van der Waals surface area contributed by atoms with Crippen LogP contribution < -0.4 is 10.1 Å². The second-order valence-electron chi connectivity index (χ2n) is 3.19. The molecule has 18 heavy (non-hydrogen) atoms. The number of rotatable bonds is 5. The summed E-state index contributed by atoms with van der Waals surface area (Å²) in [5, 5.41) is 11.1. The highest BCUT2D eigenvalue weighted by atomic mass is 19.1. The summed E-state index contributed by atoms with van der Waals surface area (Å²) in [5.74, 6) is -0.928. The van der Waals surface area contributed by atoms with Crippen LogP contribution in [0.15, 0.2) is 18.2 Å². The molecule has 0 bridgehead atoms. The van der Waals surface area contributed by atoms with Crippen LogP contribution in [0.3, 0.4) is 0 Å². The normalized spacial score (nSPS) is 9.33. The third-order valence-corrected chi connectivity index (χ3v) is 1.94. The largest absolute Gasteiger partial charge is 0.483 e. The lowest BCUT2D eigenvalue weighted by Crippen LogP contribution is -2.29. The molecule has 1 aromatic rings. The molecule has 0 fully saturated rings. The van der Waals surface area contributed by atoms with E-state index in [0.29, 0.717) is 0 Å². The number of carboxylic acids is 1. The van der Waals surface area contributed by atoms with Crippen LogP contribution in [-0.2, 0) is 4.79 Å². The van der Waals surface area contributed by atoms with Crippen LogP contribution in [0.5, 0.6) is 5.75 Å². The summed E-state index contributed by atoms with van der Waals surface area (Å²) in [4.78, 5) is 22.0. The lowest BCUT2D eigenvalue weighted by Gasteiger charge is -2.09. The summed E-state index contributed by atoms with van der Waals surface area (Å²) in [6.45, 7) is -0.400. The van der Waals surface area contributed by atoms with Gasteiger partial charge in [0.25, 0.3) is 5.91 Å². The summed E-state index contributed by atoms with van der Waals surface area (Å²) >= 11 is 0. The maximum absolute atomic E-state index is 13.2. The van der Waals surface area contributed by atoms with Crippen LogP contribution in [0.1, 0.15) is 10.4 Å². The number of terminal acetylenes is 1. The van der Waals surface area contributed by atoms with E-state index in [2.05, 4.69) is 11.2 Å². The Kier molecular flexibility index (Phi) is 4.69. The molecule has 1 aromatic carbocycles. The van der Waals surface area contributed by atoms with Gasteiger partial charge < -0.3 is 15.2 Å². The van der Waals surface area contributed by atoms with E-state index >= 15 is 0 Å². The van der Waals surface area contributed by atoms with Gasteiger partial charge in [-0.1, -0.05) is 12.0 Å². The molecule has 5 nitrogen and oxygen atoms in total. The molecule has 0 heterocycles. The number of hydrogen-bond donors (Lipinski definition) is 2. The second-order valence-corrected chi connectivity index (χ2v) is 3.19. The average Bonchev–Trinajstić information content (AvgIpc) is 2.33. The molecule has 2 N–H and O–H groups in total. The van der Waals surface area contributed by atoms with E-state index in [1.54, 1.807) is 0 Å². The number of nitrogens with one attached hydrogen (secondary N) is 1. The summed E-state index contributed by atoms with van der Waals surface area (Å²) < 4.78 is 18.2. The summed E-state index contributed by atoms with van der Waals surface area (Å²) in [6, 6.07) is 3.55. The molecule has 0 radical (unpaired) electrons. The SMILES string of the molecule is C#CCNC(=O)COc1cccc(F)c1C(=O)O. The first-order valence-electron chi connectivity index (χ1n) is 4.91. The molecule has 0 saturated heterocycles. The Bertz CT molecular complexity index is 507. The Balaban J connectivity index is 2.74. The fourth-order valence-corrected chi connectivity index (χ4v) is 1.18. The van der Waals surface area contributed by atoms with E-state index in [-0.39, 0.29) is 12.3 Å². The van der Waals surface area contributed by atoms with E-state index in [4.69, 9.17) is 16.3 Å². The average molecular weight is 251 g/mol. The van der Waals surface area contributed by atoms with Crippen molar-refractivity contribution in [3.05, 3.63) is 29.6 Å². The van der Waals surface area contributed by atoms with Gasteiger partial charge in [-0.15, -0.1) is 6.42 Å². The molecule has 1 amide bonds. The van der Waals surface area contributed by atoms with E-state index in [0.717, 1.165) is 6.07 Å². The van der Waals surface area contributed by atoms with E-state index in [1.165, 1.54) is 12.1 Å². The number of aromatic carboxylic acids is 1. The van der Waals surface area contributed by atoms with Crippen molar-refractivity contribution in [3.8, 4) is 18.1 Å². The number of amides is 1. The minimum atomic E-state index is -1.47. The molecule has 0 aromatic heterocycles. The number of ether oxygens (including phenoxy) is 1. The molecule has 0 aliphatic carbocycles. The second kappa shape index (κ2) is 6.25. The molecule has 6 heteroatoms. The van der Waals surface area contributed by atoms with E-state index in [1.807, 2.05) is 0 Å². The highest BCUT2D eigenvalue weighted by molar-refractivity contribution is 5.91. The van der Waals surface area contributed by atoms with Gasteiger partial charge in [-0.05, 0) is 12.1 Å². The van der Waals surface area contributed by atoms with Crippen LogP contribution >= 0.6 is 0 Å². The first-order valence-corrected chi connectivity index (χ1v) is 4.91. The third kappa shape index (κ3) is 3.49. The van der Waals surface area contributed by atoms with Crippen LogP contribution in [0, 0.1) is 18.2 Å². The van der Waals surface area contributed by atoms with Crippen molar-refractivity contribution in [1.29, 1.82) is 0 Å². The molecular weight excluding hydrogens is 241 g/mol. The molecule has 0 spiro atoms. The van der Waals surface area contributed by atoms with Crippen LogP contribution in [0.25, 0.3) is 0 Å². The predicted octanol–water partition coefficient (Wildman–Crippen LogP) is 0.652. The number of carboxylic acid groups (broad SMARTS) is 1. The number of benzene rings is 1. The van der Waals surface area contributed by atoms with Gasteiger partial charge >= 0.3 is 5.97 Å². The zero-order valence-electron chi connectivity index (χ0n) is 9.27. The summed E-state index contributed by atoms with van der Waals surface area (Å²) in [7, 11) is 0. The first kappa shape index (κ1) is 13.5. The molecule has 0 aliphatic rings. The first-order chi connectivity index (χ1) is 8.56. The van der Waals surface area contributed by atoms with Crippen molar-refractivity contribution in [2.75, 3.05) is 13.2 Å². The standard InChI is InChI=1S/C12H10FNO4/c1-2-6-14-10(15)7-18-9-5-3-4-8(13)11(9)12(16)17/h1,3-5H,6-7H2,(H,14,15)(H,16,17). The molecule has 0 unspecified atom stereocenters. The van der Waals surface area contributed by atoms with Crippen molar-refractivity contribution in [1.82, 2.24) is 5.32 Å². The maximum atomic E-state index is 13.2. The van der Waals surface area contributed by atoms with Crippen LogP contribution in [0.2, 0.25) is 0 Å². The molecule has 1 rings (SSSR count). The van der Waals surface area contributed by atoms with Gasteiger partial charge in [-0.25, -0.2) is 9.18 Å². The maximum Gasteiger partial charge on any atom is 0.342 e. The van der Waals surface area contributed by atoms with Crippen LogP contribution in [0.4, 0.5) is 4.39 Å². The lowest BCUT2D eigenvalue weighted by atomic mass is 10.2. The number of hydrogen-bond acceptors (Lipinski definition) is 3. The van der Waals surface area contributed by atoms with Crippen LogP contribution in [-0.4, -0.2) is 30.1 Å². The predicted molar refractivity (Wildman–Crippen MR) is 60.7 cm³/mol. The van der Waals surface area contributed by atoms with Gasteiger partial charge in [0, 0.05) is 0 Å². The fourth-order valence-electron chi connectivity index (χ4n) is 1.18. The minimum Gasteiger partial charge on any atom is -0.483 e. The Morgan fingerprint density at radius 3 is 2.83 bits per heavy atom. The van der Waals surface area contributed by atoms with Crippen molar-refractivity contribution in [3.63, 3.8) is 0 Å². The highest BCUT2D eigenvalue weighted by Crippen LogP contribution is 2.21. The van der Waals surface area contributed by atoms with Crippen molar-refractivity contribution < 1.29 is 23.8 Å². The fraction of sp³-hybridized carbons (Fsp3) is 0.167. The smallest absolute Gasteiger partial charge is 0.342 e. The Morgan fingerprint density at radius 1 is 1.50 bits per heavy atom. The zero-order valence-corrected chi connectivity index (χ0v) is 9.27. The van der Waals surface area contributed by atoms with Crippen molar-refractivity contribution in [2.45, 2.75) is 0 Å². The monoisotopic (exact) mass is 251 g/mol. The van der Waals surface area contributed by atoms with Crippen molar-refractivity contribution >= 4 is 11.9 Å². The molecule has 0 saturated carbocycles. The lowest BCUT2D eigenvalue weighted by molar-refractivity contribution is -0.122. The molecule has 0 aliphatic heterocycles. The Labute approximate surface area is 103 Å². The van der Waals surface area contributed by atoms with Gasteiger partial charge in [0.2, 0.25) is 0 Å². The molecular formula is C12H10FNO4. The van der Waals surface area contributed by atoms with Crippen molar-refractivity contribution in [2.24, 2.45) is 0 Å². The summed E-state index contributed by atoms with van der Waals surface area (Å²) in [5.41, 5.74) is -0.609. The number of carbonyl (C=O) groups excluding carboxylic acids is 1. The molecule has 0 atom stereocenters. The Morgan fingerprint density at radius 2 is 2.22 bits per heavy atom. The molecule has 94 valence electrons. The zero-order chi connectivity index (χ0) is 13.5.